The summed E-state index contributed by atoms with van der Waals surface area (Å²) in [6, 6.07) is 10.3. The van der Waals surface area contributed by atoms with Crippen LogP contribution in [0.5, 0.6) is 0 Å². The minimum atomic E-state index is -0.492. The molecule has 1 aromatic heterocycles. The van der Waals surface area contributed by atoms with Gasteiger partial charge >= 0.3 is 0 Å². The van der Waals surface area contributed by atoms with E-state index in [1.54, 1.807) is 28.4 Å². The van der Waals surface area contributed by atoms with Gasteiger partial charge in [-0.15, -0.1) is 11.3 Å². The first-order chi connectivity index (χ1) is 11.2. The van der Waals surface area contributed by atoms with Crippen LogP contribution in [-0.4, -0.2) is 34.6 Å². The number of benzene rings is 1. The quantitative estimate of drug-likeness (QED) is 0.622. The topological polar surface area (TPSA) is 63.4 Å². The molecule has 0 saturated carbocycles. The molecular formula is C16H16N2O3S2. The van der Waals surface area contributed by atoms with Crippen molar-refractivity contribution in [3.05, 3.63) is 62.3 Å². The zero-order valence-electron chi connectivity index (χ0n) is 12.4. The summed E-state index contributed by atoms with van der Waals surface area (Å²) in [5.74, 6) is 0.597. The molecule has 7 heteroatoms. The van der Waals surface area contributed by atoms with Crippen molar-refractivity contribution in [3.8, 4) is 0 Å². The summed E-state index contributed by atoms with van der Waals surface area (Å²) in [4.78, 5) is 26.4. The van der Waals surface area contributed by atoms with Gasteiger partial charge in [-0.3, -0.25) is 14.9 Å². The van der Waals surface area contributed by atoms with Crippen LogP contribution in [0.25, 0.3) is 0 Å². The molecule has 2 aromatic rings. The third-order valence-corrected chi connectivity index (χ3v) is 6.27. The predicted octanol–water partition coefficient (Wildman–Crippen LogP) is 3.98. The molecule has 120 valence electrons. The van der Waals surface area contributed by atoms with Gasteiger partial charge in [-0.1, -0.05) is 18.2 Å². The van der Waals surface area contributed by atoms with E-state index in [1.165, 1.54) is 17.0 Å². The third-order valence-electron chi connectivity index (χ3n) is 3.82. The van der Waals surface area contributed by atoms with Crippen molar-refractivity contribution in [1.29, 1.82) is 0 Å². The summed E-state index contributed by atoms with van der Waals surface area (Å²) in [7, 11) is 0. The van der Waals surface area contributed by atoms with Crippen molar-refractivity contribution in [3.63, 3.8) is 0 Å². The second kappa shape index (κ2) is 7.14. The minimum Gasteiger partial charge on any atom is -0.338 e. The van der Waals surface area contributed by atoms with Crippen molar-refractivity contribution >= 4 is 34.7 Å². The highest BCUT2D eigenvalue weighted by molar-refractivity contribution is 7.99. The largest absolute Gasteiger partial charge is 0.338 e. The number of para-hydroxylation sites is 1. The van der Waals surface area contributed by atoms with E-state index < -0.39 is 4.92 Å². The number of nitrogens with zero attached hydrogens (tertiary/aromatic N) is 2. The summed E-state index contributed by atoms with van der Waals surface area (Å²) in [6.07, 6.45) is 0.873. The predicted molar refractivity (Wildman–Crippen MR) is 93.1 cm³/mol. The van der Waals surface area contributed by atoms with Crippen molar-refractivity contribution in [2.75, 3.05) is 18.8 Å². The zero-order chi connectivity index (χ0) is 16.2. The Balaban J connectivity index is 1.75. The number of hydrogen-bond donors (Lipinski definition) is 0. The van der Waals surface area contributed by atoms with Gasteiger partial charge in [0.2, 0.25) is 0 Å². The molecule has 5 nitrogen and oxygen atoms in total. The molecule has 1 saturated heterocycles. The number of amides is 1. The highest BCUT2D eigenvalue weighted by Crippen LogP contribution is 2.37. The number of hydrogen-bond acceptors (Lipinski definition) is 5. The van der Waals surface area contributed by atoms with Crippen LogP contribution >= 0.6 is 23.1 Å². The maximum atomic E-state index is 12.7. The number of rotatable bonds is 3. The molecule has 0 bridgehead atoms. The lowest BCUT2D eigenvalue weighted by Crippen LogP contribution is -2.33. The van der Waals surface area contributed by atoms with E-state index in [1.807, 2.05) is 17.8 Å². The Morgan fingerprint density at radius 2 is 2.04 bits per heavy atom. The minimum absolute atomic E-state index is 0.121. The summed E-state index contributed by atoms with van der Waals surface area (Å²) in [5.41, 5.74) is 0.0567. The maximum Gasteiger partial charge on any atom is 0.282 e. The lowest BCUT2D eigenvalue weighted by atomic mass is 10.1. The Morgan fingerprint density at radius 3 is 2.78 bits per heavy atom. The van der Waals surface area contributed by atoms with Crippen molar-refractivity contribution < 1.29 is 9.72 Å². The van der Waals surface area contributed by atoms with E-state index >= 15 is 0 Å². The molecule has 1 aliphatic rings. The van der Waals surface area contributed by atoms with Gasteiger partial charge in [0.15, 0.2) is 0 Å². The van der Waals surface area contributed by atoms with Gasteiger partial charge in [0.25, 0.3) is 11.6 Å². The fraction of sp³-hybridized carbons (Fsp3) is 0.312. The molecule has 23 heavy (non-hydrogen) atoms. The van der Waals surface area contributed by atoms with E-state index in [-0.39, 0.29) is 17.2 Å². The van der Waals surface area contributed by atoms with Crippen molar-refractivity contribution in [2.45, 2.75) is 11.7 Å². The fourth-order valence-electron chi connectivity index (χ4n) is 2.66. The van der Waals surface area contributed by atoms with Crippen LogP contribution in [0.3, 0.4) is 0 Å². The average Bonchev–Trinajstić information content (AvgIpc) is 2.99. The standard InChI is InChI=1S/C16H16N2O3S2/c19-16(12-4-1-2-5-13(12)18(20)21)17-8-7-15(23-11-9-17)14-6-3-10-22-14/h1-6,10,15H,7-9,11H2. The normalized spacial score (nSPS) is 18.4. The molecular weight excluding hydrogens is 332 g/mol. The van der Waals surface area contributed by atoms with Crippen LogP contribution in [0.1, 0.15) is 26.9 Å². The Hall–Kier alpha value is -1.86. The second-order valence-electron chi connectivity index (χ2n) is 5.23. The highest BCUT2D eigenvalue weighted by Gasteiger charge is 2.27. The molecule has 0 aliphatic carbocycles. The molecule has 1 aliphatic heterocycles. The number of thiophene rings is 1. The van der Waals surface area contributed by atoms with Crippen LogP contribution in [0.15, 0.2) is 41.8 Å². The fourth-order valence-corrected chi connectivity index (χ4v) is 4.90. The Bertz CT molecular complexity index is 703. The van der Waals surface area contributed by atoms with Crippen LogP contribution in [0, 0.1) is 10.1 Å². The first kappa shape index (κ1) is 16.0. The monoisotopic (exact) mass is 348 g/mol. The SMILES string of the molecule is O=C(c1ccccc1[N+](=O)[O-])N1CCSC(c2cccs2)CC1. The van der Waals surface area contributed by atoms with Crippen LogP contribution < -0.4 is 0 Å². The van der Waals surface area contributed by atoms with E-state index in [0.29, 0.717) is 18.3 Å². The van der Waals surface area contributed by atoms with E-state index in [9.17, 15) is 14.9 Å². The average molecular weight is 348 g/mol. The van der Waals surface area contributed by atoms with Crippen LogP contribution in [0.2, 0.25) is 0 Å². The Labute approximate surface area is 142 Å². The summed E-state index contributed by atoms with van der Waals surface area (Å²) < 4.78 is 0. The number of carbonyl (C=O) groups is 1. The number of thioether (sulfide) groups is 1. The number of carbonyl (C=O) groups excluding carboxylic acids is 1. The third kappa shape index (κ3) is 3.56. The molecule has 0 radical (unpaired) electrons. The Morgan fingerprint density at radius 1 is 1.22 bits per heavy atom. The molecule has 3 rings (SSSR count). The van der Waals surface area contributed by atoms with Gasteiger partial charge in [-0.05, 0) is 23.9 Å². The lowest BCUT2D eigenvalue weighted by molar-refractivity contribution is -0.385. The van der Waals surface area contributed by atoms with E-state index in [2.05, 4.69) is 11.4 Å². The van der Waals surface area contributed by atoms with Gasteiger partial charge in [-0.25, -0.2) is 0 Å². The molecule has 1 atom stereocenters. The molecule has 1 fully saturated rings. The Kier molecular flexibility index (Phi) is 4.97. The zero-order valence-corrected chi connectivity index (χ0v) is 14.0. The number of nitro groups is 1. The van der Waals surface area contributed by atoms with Crippen molar-refractivity contribution in [2.24, 2.45) is 0 Å². The van der Waals surface area contributed by atoms with Crippen molar-refractivity contribution in [1.82, 2.24) is 4.90 Å². The molecule has 0 spiro atoms. The van der Waals surface area contributed by atoms with Gasteiger partial charge in [0, 0.05) is 35.0 Å². The van der Waals surface area contributed by atoms with E-state index in [4.69, 9.17) is 0 Å². The number of nitro benzene ring substituents is 1. The first-order valence-corrected chi connectivity index (χ1v) is 9.27. The molecule has 0 N–H and O–H groups in total. The summed E-state index contributed by atoms with van der Waals surface area (Å²) in [6.45, 7) is 1.25. The van der Waals surface area contributed by atoms with Gasteiger partial charge < -0.3 is 4.90 Å². The van der Waals surface area contributed by atoms with E-state index in [0.717, 1.165) is 12.2 Å². The molecule has 2 heterocycles. The first-order valence-electron chi connectivity index (χ1n) is 7.34. The van der Waals surface area contributed by atoms with Gasteiger partial charge in [0.05, 0.1) is 4.92 Å². The molecule has 1 aromatic carbocycles. The summed E-state index contributed by atoms with van der Waals surface area (Å²) >= 11 is 3.59. The van der Waals surface area contributed by atoms with Crippen LogP contribution in [-0.2, 0) is 0 Å². The lowest BCUT2D eigenvalue weighted by Gasteiger charge is -2.20. The van der Waals surface area contributed by atoms with Crippen LogP contribution in [0.4, 0.5) is 5.69 Å². The smallest absolute Gasteiger partial charge is 0.282 e. The second-order valence-corrected chi connectivity index (χ2v) is 7.52. The molecule has 1 amide bonds. The van der Waals surface area contributed by atoms with Gasteiger partial charge in [0.1, 0.15) is 5.56 Å². The molecule has 1 unspecified atom stereocenters. The maximum absolute atomic E-state index is 12.7. The highest BCUT2D eigenvalue weighted by atomic mass is 32.2. The van der Waals surface area contributed by atoms with Gasteiger partial charge in [-0.2, -0.15) is 11.8 Å². The summed E-state index contributed by atoms with van der Waals surface area (Å²) in [5, 5.41) is 13.6.